The Morgan fingerprint density at radius 1 is 1.08 bits per heavy atom. The van der Waals surface area contributed by atoms with Gasteiger partial charge in [-0.2, -0.15) is 9.90 Å². The monoisotopic (exact) mass is 319 g/mol. The number of fused-ring (bicyclic) bond motifs is 1. The van der Waals surface area contributed by atoms with Gasteiger partial charge in [0, 0.05) is 11.5 Å². The number of ether oxygens (including phenoxy) is 1. The summed E-state index contributed by atoms with van der Waals surface area (Å²) in [6.07, 6.45) is 1.55. The second-order valence-corrected chi connectivity index (χ2v) is 5.21. The smallest absolute Gasteiger partial charge is 0.345 e. The summed E-state index contributed by atoms with van der Waals surface area (Å²) >= 11 is 0. The molecule has 0 saturated heterocycles. The van der Waals surface area contributed by atoms with Gasteiger partial charge in [0.25, 0.3) is 0 Å². The van der Waals surface area contributed by atoms with Crippen LogP contribution in [0, 0.1) is 0 Å². The van der Waals surface area contributed by atoms with E-state index < -0.39 is 5.63 Å². The number of nitrogens with zero attached hydrogens (tertiary/aromatic N) is 3. The minimum absolute atomic E-state index is 0.370. The molecule has 2 heterocycles. The van der Waals surface area contributed by atoms with Gasteiger partial charge in [0.15, 0.2) is 0 Å². The lowest BCUT2D eigenvalue weighted by atomic mass is 10.1. The highest BCUT2D eigenvalue weighted by Gasteiger charge is 2.12. The zero-order chi connectivity index (χ0) is 16.5. The van der Waals surface area contributed by atoms with Crippen molar-refractivity contribution in [3.8, 4) is 22.7 Å². The van der Waals surface area contributed by atoms with Crippen molar-refractivity contribution < 1.29 is 9.15 Å². The summed E-state index contributed by atoms with van der Waals surface area (Å²) < 4.78 is 10.5. The molecule has 0 saturated carbocycles. The standard InChI is InChI=1S/C18H13N3O3/c1-23-14-8-7-12-9-15(18(22)24-17(12)10-14)16-11-19-21(20-16)13-5-3-2-4-6-13/h2-11H,1H3. The Morgan fingerprint density at radius 2 is 1.92 bits per heavy atom. The Kier molecular flexibility index (Phi) is 3.35. The molecule has 0 spiro atoms. The first-order valence-electron chi connectivity index (χ1n) is 7.34. The predicted molar refractivity (Wildman–Crippen MR) is 89.4 cm³/mol. The summed E-state index contributed by atoms with van der Waals surface area (Å²) in [5.41, 5.74) is 1.66. The molecule has 0 aliphatic rings. The highest BCUT2D eigenvalue weighted by Crippen LogP contribution is 2.23. The van der Waals surface area contributed by atoms with Crippen molar-refractivity contribution in [2.45, 2.75) is 0 Å². The zero-order valence-corrected chi connectivity index (χ0v) is 12.8. The van der Waals surface area contributed by atoms with Crippen molar-refractivity contribution in [1.29, 1.82) is 0 Å². The van der Waals surface area contributed by atoms with E-state index in [1.54, 1.807) is 25.4 Å². The van der Waals surface area contributed by atoms with Crippen LogP contribution in [0.15, 0.2) is 70.0 Å². The molecule has 0 aliphatic heterocycles. The lowest BCUT2D eigenvalue weighted by Gasteiger charge is -2.02. The molecule has 0 aliphatic carbocycles. The first kappa shape index (κ1) is 14.2. The van der Waals surface area contributed by atoms with Crippen molar-refractivity contribution in [2.75, 3.05) is 7.11 Å². The van der Waals surface area contributed by atoms with Crippen molar-refractivity contribution in [3.63, 3.8) is 0 Å². The van der Waals surface area contributed by atoms with E-state index in [9.17, 15) is 4.79 Å². The van der Waals surface area contributed by atoms with E-state index in [4.69, 9.17) is 9.15 Å². The van der Waals surface area contributed by atoms with Crippen LogP contribution in [0.4, 0.5) is 0 Å². The Labute approximate surface area is 136 Å². The molecule has 0 bridgehead atoms. The van der Waals surface area contributed by atoms with Crippen LogP contribution in [0.3, 0.4) is 0 Å². The Bertz CT molecular complexity index is 1070. The number of rotatable bonds is 3. The third kappa shape index (κ3) is 2.44. The van der Waals surface area contributed by atoms with E-state index in [0.717, 1.165) is 11.1 Å². The fourth-order valence-electron chi connectivity index (χ4n) is 2.47. The normalized spacial score (nSPS) is 10.9. The van der Waals surface area contributed by atoms with Crippen LogP contribution in [-0.2, 0) is 0 Å². The third-order valence-corrected chi connectivity index (χ3v) is 3.70. The average molecular weight is 319 g/mol. The van der Waals surface area contributed by atoms with Gasteiger partial charge in [-0.25, -0.2) is 4.79 Å². The van der Waals surface area contributed by atoms with Crippen LogP contribution < -0.4 is 10.4 Å². The summed E-state index contributed by atoms with van der Waals surface area (Å²) in [6.45, 7) is 0. The van der Waals surface area contributed by atoms with Gasteiger partial charge in [0.2, 0.25) is 0 Å². The van der Waals surface area contributed by atoms with Gasteiger partial charge in [-0.1, -0.05) is 18.2 Å². The third-order valence-electron chi connectivity index (χ3n) is 3.70. The fourth-order valence-corrected chi connectivity index (χ4v) is 2.47. The topological polar surface area (TPSA) is 70.2 Å². The molecule has 0 N–H and O–H groups in total. The molecule has 0 unspecified atom stereocenters. The summed E-state index contributed by atoms with van der Waals surface area (Å²) in [5.74, 6) is 0.633. The van der Waals surface area contributed by atoms with Crippen molar-refractivity contribution in [1.82, 2.24) is 15.0 Å². The van der Waals surface area contributed by atoms with Gasteiger partial charge in [-0.3, -0.25) is 0 Å². The van der Waals surface area contributed by atoms with E-state index in [2.05, 4.69) is 10.2 Å². The van der Waals surface area contributed by atoms with Crippen molar-refractivity contribution >= 4 is 11.0 Å². The van der Waals surface area contributed by atoms with Crippen molar-refractivity contribution in [3.05, 3.63) is 71.2 Å². The molecule has 4 aromatic rings. The number of methoxy groups -OCH3 is 1. The lowest BCUT2D eigenvalue weighted by Crippen LogP contribution is -2.04. The molecule has 118 valence electrons. The molecule has 24 heavy (non-hydrogen) atoms. The maximum atomic E-state index is 12.3. The molecular weight excluding hydrogens is 306 g/mol. The maximum Gasteiger partial charge on any atom is 0.345 e. The van der Waals surface area contributed by atoms with Crippen LogP contribution in [0.25, 0.3) is 27.9 Å². The van der Waals surface area contributed by atoms with Crippen molar-refractivity contribution in [2.24, 2.45) is 0 Å². The van der Waals surface area contributed by atoms with E-state index >= 15 is 0 Å². The number of hydrogen-bond donors (Lipinski definition) is 0. The lowest BCUT2D eigenvalue weighted by molar-refractivity contribution is 0.414. The summed E-state index contributed by atoms with van der Waals surface area (Å²) in [4.78, 5) is 13.8. The van der Waals surface area contributed by atoms with Crippen LogP contribution in [0.1, 0.15) is 0 Å². The Balaban J connectivity index is 1.81. The molecule has 0 amide bonds. The van der Waals surface area contributed by atoms with Crippen LogP contribution in [-0.4, -0.2) is 22.1 Å². The average Bonchev–Trinajstić information content (AvgIpc) is 3.11. The van der Waals surface area contributed by atoms with E-state index in [0.29, 0.717) is 22.6 Å². The quantitative estimate of drug-likeness (QED) is 0.543. The van der Waals surface area contributed by atoms with Gasteiger partial charge in [0.05, 0.1) is 24.6 Å². The molecule has 2 aromatic carbocycles. The minimum atomic E-state index is -0.462. The van der Waals surface area contributed by atoms with Gasteiger partial charge < -0.3 is 9.15 Å². The first-order chi connectivity index (χ1) is 11.7. The van der Waals surface area contributed by atoms with Crippen LogP contribution in [0.5, 0.6) is 5.75 Å². The van der Waals surface area contributed by atoms with Gasteiger partial charge in [-0.05, 0) is 30.3 Å². The molecular formula is C18H13N3O3. The maximum absolute atomic E-state index is 12.3. The fraction of sp³-hybridized carbons (Fsp3) is 0.0556. The molecule has 0 fully saturated rings. The van der Waals surface area contributed by atoms with Gasteiger partial charge in [0.1, 0.15) is 17.0 Å². The molecule has 6 nitrogen and oxygen atoms in total. The van der Waals surface area contributed by atoms with Gasteiger partial charge in [-0.15, -0.1) is 5.10 Å². The van der Waals surface area contributed by atoms with E-state index in [1.165, 1.54) is 4.80 Å². The molecule has 2 aromatic heterocycles. The minimum Gasteiger partial charge on any atom is -0.497 e. The van der Waals surface area contributed by atoms with E-state index in [1.807, 2.05) is 42.5 Å². The SMILES string of the molecule is COc1ccc2cc(-c3cnn(-c4ccccc4)n3)c(=O)oc2c1. The number of para-hydroxylation sites is 1. The highest BCUT2D eigenvalue weighted by atomic mass is 16.5. The van der Waals surface area contributed by atoms with Crippen LogP contribution >= 0.6 is 0 Å². The van der Waals surface area contributed by atoms with Gasteiger partial charge >= 0.3 is 5.63 Å². The molecule has 4 rings (SSSR count). The predicted octanol–water partition coefficient (Wildman–Crippen LogP) is 3.05. The number of hydrogen-bond acceptors (Lipinski definition) is 5. The van der Waals surface area contributed by atoms with Crippen LogP contribution in [0.2, 0.25) is 0 Å². The number of benzene rings is 2. The molecule has 6 heteroatoms. The second-order valence-electron chi connectivity index (χ2n) is 5.21. The molecule has 0 atom stereocenters. The molecule has 0 radical (unpaired) electrons. The number of aromatic nitrogens is 3. The Hall–Kier alpha value is -3.41. The van der Waals surface area contributed by atoms with E-state index in [-0.39, 0.29) is 0 Å². The highest BCUT2D eigenvalue weighted by molar-refractivity contribution is 5.82. The summed E-state index contributed by atoms with van der Waals surface area (Å²) in [6, 6.07) is 16.6. The first-order valence-corrected chi connectivity index (χ1v) is 7.34. The summed E-state index contributed by atoms with van der Waals surface area (Å²) in [5, 5.41) is 9.38. The summed E-state index contributed by atoms with van der Waals surface area (Å²) in [7, 11) is 1.57. The largest absolute Gasteiger partial charge is 0.497 e. The Morgan fingerprint density at radius 3 is 2.71 bits per heavy atom. The zero-order valence-electron chi connectivity index (χ0n) is 12.8. The second kappa shape index (κ2) is 5.66.